The molecule has 10 nitrogen and oxygen atoms in total. The standard InChI is InChI=1S/C33H40FN7O3/c34-28-19-36-31(39-30(28)22-4-3-5-26(16-22)41-15-2-1-6-29(41)42)37-23-7-9-24(10-8-23)38-32(43)44-27-17-33(18-27)20-40(21-33)25-11-13-35-14-12-25/h1-6,15-16,19,23-25,27,35H,7-14,17-18,20-21H2,(H,38,43)(H,36,37,39)/t23-,24-. The van der Waals surface area contributed by atoms with Crippen molar-refractivity contribution in [2.75, 3.05) is 31.5 Å². The van der Waals surface area contributed by atoms with Crippen molar-refractivity contribution >= 4 is 12.0 Å². The van der Waals surface area contributed by atoms with E-state index in [2.05, 4.69) is 30.8 Å². The number of hydrogen-bond acceptors (Lipinski definition) is 8. The number of rotatable bonds is 7. The first-order valence-electron chi connectivity index (χ1n) is 15.9. The number of carbonyl (C=O) groups is 1. The predicted octanol–water partition coefficient (Wildman–Crippen LogP) is 4.10. The summed E-state index contributed by atoms with van der Waals surface area (Å²) in [5.74, 6) is -0.179. The van der Waals surface area contributed by atoms with Crippen LogP contribution in [0.1, 0.15) is 51.4 Å². The molecule has 44 heavy (non-hydrogen) atoms. The summed E-state index contributed by atoms with van der Waals surface area (Å²) in [5, 5.41) is 9.86. The number of ether oxygens (including phenoxy) is 1. The zero-order valence-electron chi connectivity index (χ0n) is 24.9. The van der Waals surface area contributed by atoms with E-state index in [1.165, 1.54) is 29.7 Å². The monoisotopic (exact) mass is 601 g/mol. The lowest BCUT2D eigenvalue weighted by Gasteiger charge is -2.60. The number of amides is 1. The second-order valence-electron chi connectivity index (χ2n) is 13.0. The van der Waals surface area contributed by atoms with Crippen molar-refractivity contribution in [2.24, 2.45) is 5.41 Å². The van der Waals surface area contributed by atoms with Crippen LogP contribution in [0.25, 0.3) is 16.9 Å². The summed E-state index contributed by atoms with van der Waals surface area (Å²) in [5.41, 5.74) is 1.56. The van der Waals surface area contributed by atoms with Crippen LogP contribution in [-0.2, 0) is 4.74 Å². The highest BCUT2D eigenvalue weighted by Crippen LogP contribution is 2.50. The summed E-state index contributed by atoms with van der Waals surface area (Å²) in [4.78, 5) is 36.2. The normalized spacial score (nSPS) is 23.8. The van der Waals surface area contributed by atoms with E-state index >= 15 is 0 Å². The van der Waals surface area contributed by atoms with Crippen LogP contribution in [0, 0.1) is 11.2 Å². The van der Waals surface area contributed by atoms with Gasteiger partial charge in [0.15, 0.2) is 5.82 Å². The number of anilines is 1. The molecular weight excluding hydrogens is 561 g/mol. The number of alkyl carbamates (subject to hydrolysis) is 1. The Morgan fingerprint density at radius 1 is 1.00 bits per heavy atom. The number of carbonyl (C=O) groups excluding carboxylic acids is 1. The van der Waals surface area contributed by atoms with Crippen LogP contribution < -0.4 is 21.5 Å². The van der Waals surface area contributed by atoms with Crippen LogP contribution in [0.3, 0.4) is 0 Å². The van der Waals surface area contributed by atoms with E-state index in [1.54, 1.807) is 42.6 Å². The number of likely N-dealkylation sites (tertiary alicyclic amines) is 1. The molecule has 4 aliphatic rings. The SMILES string of the molecule is O=C(N[C@H]1CC[C@H](Nc2ncc(F)c(-c3cccc(-n4ccccc4=O)c3)n2)CC1)OC1CC2(C1)CN(C1CCNCC1)C2. The second-order valence-corrected chi connectivity index (χ2v) is 13.0. The van der Waals surface area contributed by atoms with E-state index in [1.807, 2.05) is 0 Å². The van der Waals surface area contributed by atoms with Crippen LogP contribution in [0.2, 0.25) is 0 Å². The highest BCUT2D eigenvalue weighted by molar-refractivity contribution is 5.68. The molecule has 4 fully saturated rings. The van der Waals surface area contributed by atoms with Gasteiger partial charge in [0.05, 0.1) is 6.20 Å². The van der Waals surface area contributed by atoms with Crippen molar-refractivity contribution in [3.8, 4) is 16.9 Å². The van der Waals surface area contributed by atoms with Crippen molar-refractivity contribution < 1.29 is 13.9 Å². The van der Waals surface area contributed by atoms with Gasteiger partial charge in [-0.2, -0.15) is 0 Å². The van der Waals surface area contributed by atoms with E-state index in [0.717, 1.165) is 70.7 Å². The third kappa shape index (κ3) is 6.21. The fourth-order valence-corrected chi connectivity index (χ4v) is 7.49. The van der Waals surface area contributed by atoms with Crippen molar-refractivity contribution in [1.82, 2.24) is 30.1 Å². The van der Waals surface area contributed by atoms with Crippen molar-refractivity contribution in [3.05, 3.63) is 71.0 Å². The number of aromatic nitrogens is 3. The Morgan fingerprint density at radius 2 is 1.77 bits per heavy atom. The summed E-state index contributed by atoms with van der Waals surface area (Å²) < 4.78 is 22.1. The van der Waals surface area contributed by atoms with Crippen LogP contribution >= 0.6 is 0 Å². The average Bonchev–Trinajstić information content (AvgIpc) is 3.00. The van der Waals surface area contributed by atoms with Gasteiger partial charge in [0.2, 0.25) is 5.95 Å². The topological polar surface area (TPSA) is 113 Å². The minimum absolute atomic E-state index is 0.0299. The molecule has 11 heteroatoms. The molecule has 1 spiro atoms. The van der Waals surface area contributed by atoms with E-state index in [9.17, 15) is 14.0 Å². The maximum atomic E-state index is 14.8. The zero-order chi connectivity index (χ0) is 30.1. The third-order valence-electron chi connectivity index (χ3n) is 9.84. The molecule has 1 amide bonds. The minimum atomic E-state index is -0.534. The Kier molecular flexibility index (Phi) is 8.07. The molecule has 2 aliphatic carbocycles. The highest BCUT2D eigenvalue weighted by Gasteiger charge is 2.55. The molecule has 2 saturated carbocycles. The van der Waals surface area contributed by atoms with Crippen molar-refractivity contribution in [2.45, 2.75) is 75.6 Å². The fraction of sp³-hybridized carbons (Fsp3) is 0.515. The summed E-state index contributed by atoms with van der Waals surface area (Å²) in [6.07, 6.45) is 10.3. The third-order valence-corrected chi connectivity index (χ3v) is 9.84. The van der Waals surface area contributed by atoms with E-state index < -0.39 is 5.82 Å². The van der Waals surface area contributed by atoms with Gasteiger partial charge in [-0.1, -0.05) is 18.2 Å². The molecule has 3 N–H and O–H groups in total. The molecule has 2 saturated heterocycles. The number of halogens is 1. The Balaban J connectivity index is 0.869. The van der Waals surface area contributed by atoms with E-state index in [0.29, 0.717) is 22.6 Å². The first-order chi connectivity index (χ1) is 21.4. The molecule has 2 aliphatic heterocycles. The Labute approximate surface area is 256 Å². The van der Waals surface area contributed by atoms with E-state index in [-0.39, 0.29) is 35.5 Å². The fourth-order valence-electron chi connectivity index (χ4n) is 7.49. The highest BCUT2D eigenvalue weighted by atomic mass is 19.1. The molecule has 0 atom stereocenters. The molecule has 232 valence electrons. The van der Waals surface area contributed by atoms with E-state index in [4.69, 9.17) is 4.74 Å². The van der Waals surface area contributed by atoms with Gasteiger partial charge in [-0.25, -0.2) is 19.2 Å². The first-order valence-corrected chi connectivity index (χ1v) is 15.9. The largest absolute Gasteiger partial charge is 0.446 e. The minimum Gasteiger partial charge on any atom is -0.446 e. The Hall–Kier alpha value is -3.83. The van der Waals surface area contributed by atoms with Crippen LogP contribution in [0.15, 0.2) is 59.7 Å². The van der Waals surface area contributed by atoms with Crippen LogP contribution in [0.4, 0.5) is 15.1 Å². The lowest BCUT2D eigenvalue weighted by molar-refractivity contribution is -0.145. The first kappa shape index (κ1) is 28.9. The van der Waals surface area contributed by atoms with Gasteiger partial charge in [0.25, 0.3) is 5.56 Å². The number of nitrogens with zero attached hydrogens (tertiary/aromatic N) is 4. The molecule has 7 rings (SSSR count). The summed E-state index contributed by atoms with van der Waals surface area (Å²) in [6, 6.07) is 12.9. The van der Waals surface area contributed by atoms with Gasteiger partial charge in [-0.3, -0.25) is 14.3 Å². The van der Waals surface area contributed by atoms with Crippen molar-refractivity contribution in [1.29, 1.82) is 0 Å². The molecule has 0 bridgehead atoms. The molecular formula is C33H40FN7O3. The summed E-state index contributed by atoms with van der Waals surface area (Å²) in [7, 11) is 0. The van der Waals surface area contributed by atoms with Gasteiger partial charge in [-0.05, 0) is 82.7 Å². The molecule has 1 aromatic carbocycles. The average molecular weight is 602 g/mol. The number of piperidine rings is 1. The maximum Gasteiger partial charge on any atom is 0.407 e. The summed E-state index contributed by atoms with van der Waals surface area (Å²) >= 11 is 0. The van der Waals surface area contributed by atoms with Crippen molar-refractivity contribution in [3.63, 3.8) is 0 Å². The zero-order valence-corrected chi connectivity index (χ0v) is 24.9. The molecule has 4 heterocycles. The Morgan fingerprint density at radius 3 is 2.55 bits per heavy atom. The summed E-state index contributed by atoms with van der Waals surface area (Å²) in [6.45, 7) is 4.54. The lowest BCUT2D eigenvalue weighted by atomic mass is 9.61. The van der Waals surface area contributed by atoms with Crippen LogP contribution in [-0.4, -0.2) is 75.9 Å². The molecule has 0 unspecified atom stereocenters. The Bertz CT molecular complexity index is 1540. The smallest absolute Gasteiger partial charge is 0.407 e. The molecule has 0 radical (unpaired) electrons. The molecule has 3 aromatic rings. The number of nitrogens with one attached hydrogen (secondary N) is 3. The number of pyridine rings is 1. The maximum absolute atomic E-state index is 14.8. The quantitative estimate of drug-likeness (QED) is 0.371. The molecule has 2 aromatic heterocycles. The van der Waals surface area contributed by atoms with Gasteiger partial charge >= 0.3 is 6.09 Å². The predicted molar refractivity (Wildman–Crippen MR) is 165 cm³/mol. The van der Waals surface area contributed by atoms with Gasteiger partial charge in [0, 0.05) is 60.1 Å². The number of benzene rings is 1. The second kappa shape index (κ2) is 12.3. The van der Waals surface area contributed by atoms with Gasteiger partial charge in [-0.15, -0.1) is 0 Å². The van der Waals surface area contributed by atoms with Gasteiger partial charge in [0.1, 0.15) is 11.8 Å². The number of hydrogen-bond donors (Lipinski definition) is 3. The van der Waals surface area contributed by atoms with Crippen LogP contribution in [0.5, 0.6) is 0 Å². The lowest BCUT2D eigenvalue weighted by Crippen LogP contribution is -2.67. The van der Waals surface area contributed by atoms with Gasteiger partial charge < -0.3 is 20.7 Å².